The number of aliphatic carboxylic acids is 1. The molecule has 0 radical (unpaired) electrons. The van der Waals surface area contributed by atoms with E-state index in [4.69, 9.17) is 5.11 Å². The monoisotopic (exact) mass is 317 g/mol. The van der Waals surface area contributed by atoms with Gasteiger partial charge in [-0.3, -0.25) is 9.59 Å². The number of carbonyl (C=O) groups is 2. The van der Waals surface area contributed by atoms with Crippen molar-refractivity contribution in [1.82, 2.24) is 0 Å². The quantitative estimate of drug-likeness (QED) is 0.872. The third-order valence-corrected chi connectivity index (χ3v) is 3.14. The Morgan fingerprint density at radius 2 is 1.94 bits per heavy atom. The van der Waals surface area contributed by atoms with Crippen molar-refractivity contribution in [3.05, 3.63) is 28.5 Å². The van der Waals surface area contributed by atoms with Crippen LogP contribution >= 0.6 is 15.9 Å². The average Bonchev–Trinajstić information content (AvgIpc) is 2.30. The first-order valence-electron chi connectivity index (χ1n) is 5.14. The second-order valence-electron chi connectivity index (χ2n) is 4.39. The summed E-state index contributed by atoms with van der Waals surface area (Å²) in [6, 6.07) is 4.13. The molecule has 98 valence electrons. The van der Waals surface area contributed by atoms with Crippen molar-refractivity contribution in [3.63, 3.8) is 0 Å². The van der Waals surface area contributed by atoms with Crippen molar-refractivity contribution in [2.24, 2.45) is 5.41 Å². The largest absolute Gasteiger partial charge is 0.480 e. The number of nitrogens with zero attached hydrogens (tertiary/aromatic N) is 1. The lowest BCUT2D eigenvalue weighted by Gasteiger charge is -2.26. The summed E-state index contributed by atoms with van der Waals surface area (Å²) in [5.74, 6) is -2.53. The fourth-order valence-electron chi connectivity index (χ4n) is 1.36. The molecule has 0 spiro atoms. The van der Waals surface area contributed by atoms with Gasteiger partial charge in [0, 0.05) is 11.5 Å². The van der Waals surface area contributed by atoms with Gasteiger partial charge >= 0.3 is 5.97 Å². The van der Waals surface area contributed by atoms with Crippen molar-refractivity contribution in [3.8, 4) is 0 Å². The third kappa shape index (κ3) is 2.69. The lowest BCUT2D eigenvalue weighted by Crippen LogP contribution is -2.43. The number of carbonyl (C=O) groups excluding carboxylic acids is 1. The lowest BCUT2D eigenvalue weighted by atomic mass is 9.92. The Morgan fingerprint density at radius 1 is 1.39 bits per heavy atom. The Balaban J connectivity index is 3.15. The average molecular weight is 318 g/mol. The summed E-state index contributed by atoms with van der Waals surface area (Å²) < 4.78 is 14.2. The smallest absolute Gasteiger partial charge is 0.318 e. The molecule has 0 aliphatic carbocycles. The summed E-state index contributed by atoms with van der Waals surface area (Å²) >= 11 is 3.17. The van der Waals surface area contributed by atoms with Gasteiger partial charge in [0.1, 0.15) is 11.2 Å². The number of hydrogen-bond donors (Lipinski definition) is 1. The summed E-state index contributed by atoms with van der Waals surface area (Å²) in [7, 11) is 1.35. The Labute approximate surface area is 113 Å². The van der Waals surface area contributed by atoms with E-state index < -0.39 is 23.1 Å². The first kappa shape index (κ1) is 14.6. The molecule has 0 fully saturated rings. The van der Waals surface area contributed by atoms with E-state index in [1.807, 2.05) is 0 Å². The van der Waals surface area contributed by atoms with Crippen molar-refractivity contribution < 1.29 is 19.1 Å². The van der Waals surface area contributed by atoms with Gasteiger partial charge < -0.3 is 10.0 Å². The van der Waals surface area contributed by atoms with Crippen LogP contribution in [0.15, 0.2) is 22.7 Å². The zero-order valence-corrected chi connectivity index (χ0v) is 11.8. The van der Waals surface area contributed by atoms with Gasteiger partial charge in [0.2, 0.25) is 5.91 Å². The molecule has 0 saturated heterocycles. The lowest BCUT2D eigenvalue weighted by molar-refractivity contribution is -0.152. The Hall–Kier alpha value is -1.43. The van der Waals surface area contributed by atoms with Gasteiger partial charge in [-0.1, -0.05) is 15.9 Å². The summed E-state index contributed by atoms with van der Waals surface area (Å²) in [6.07, 6.45) is 0. The molecule has 1 amide bonds. The minimum absolute atomic E-state index is 0.0312. The van der Waals surface area contributed by atoms with Crippen LogP contribution in [0, 0.1) is 11.2 Å². The number of anilines is 1. The van der Waals surface area contributed by atoms with E-state index in [1.54, 1.807) is 0 Å². The molecule has 0 aliphatic heterocycles. The number of amides is 1. The highest BCUT2D eigenvalue weighted by Gasteiger charge is 2.39. The molecule has 1 aromatic rings. The topological polar surface area (TPSA) is 57.6 Å². The van der Waals surface area contributed by atoms with Crippen LogP contribution in [0.2, 0.25) is 0 Å². The fourth-order valence-corrected chi connectivity index (χ4v) is 1.71. The summed E-state index contributed by atoms with van der Waals surface area (Å²) in [4.78, 5) is 24.0. The van der Waals surface area contributed by atoms with Gasteiger partial charge in [-0.2, -0.15) is 0 Å². The maximum absolute atomic E-state index is 13.6. The third-order valence-electron chi connectivity index (χ3n) is 2.64. The molecule has 18 heavy (non-hydrogen) atoms. The molecule has 0 heterocycles. The highest BCUT2D eigenvalue weighted by atomic mass is 79.9. The zero-order chi connectivity index (χ0) is 14.1. The van der Waals surface area contributed by atoms with Gasteiger partial charge in [0.25, 0.3) is 0 Å². The number of rotatable bonds is 3. The van der Waals surface area contributed by atoms with Gasteiger partial charge in [0.05, 0.1) is 5.69 Å². The zero-order valence-electron chi connectivity index (χ0n) is 10.2. The Kier molecular flexibility index (Phi) is 4.11. The van der Waals surface area contributed by atoms with E-state index in [9.17, 15) is 14.0 Å². The molecular weight excluding hydrogens is 305 g/mol. The Morgan fingerprint density at radius 3 is 2.44 bits per heavy atom. The number of halogens is 2. The molecule has 0 aliphatic rings. The van der Waals surface area contributed by atoms with E-state index in [1.165, 1.54) is 39.1 Å². The van der Waals surface area contributed by atoms with E-state index >= 15 is 0 Å². The fraction of sp³-hybridized carbons (Fsp3) is 0.333. The van der Waals surface area contributed by atoms with Crippen molar-refractivity contribution in [2.75, 3.05) is 11.9 Å². The SMILES string of the molecule is CN(C(=O)C(C)(C)C(=O)O)c1cc(Br)ccc1F. The van der Waals surface area contributed by atoms with Gasteiger partial charge in [0.15, 0.2) is 0 Å². The van der Waals surface area contributed by atoms with E-state index in [0.29, 0.717) is 4.47 Å². The highest BCUT2D eigenvalue weighted by molar-refractivity contribution is 9.10. The molecule has 0 bridgehead atoms. The van der Waals surface area contributed by atoms with E-state index in [2.05, 4.69) is 15.9 Å². The first-order chi connectivity index (χ1) is 8.17. The summed E-state index contributed by atoms with van der Waals surface area (Å²) in [6.45, 7) is 2.56. The molecule has 0 atom stereocenters. The van der Waals surface area contributed by atoms with Crippen molar-refractivity contribution in [2.45, 2.75) is 13.8 Å². The van der Waals surface area contributed by atoms with Crippen LogP contribution in [0.3, 0.4) is 0 Å². The van der Waals surface area contributed by atoms with Gasteiger partial charge in [-0.05, 0) is 32.0 Å². The molecule has 1 N–H and O–H groups in total. The maximum Gasteiger partial charge on any atom is 0.318 e. The van der Waals surface area contributed by atoms with Crippen LogP contribution < -0.4 is 4.90 Å². The first-order valence-corrected chi connectivity index (χ1v) is 5.94. The van der Waals surface area contributed by atoms with Crippen molar-refractivity contribution in [1.29, 1.82) is 0 Å². The number of carboxylic acid groups (broad SMARTS) is 1. The number of carboxylic acids is 1. The predicted octanol–water partition coefficient (Wildman–Crippen LogP) is 2.66. The Bertz CT molecular complexity index is 502. The van der Waals surface area contributed by atoms with Crippen LogP contribution in [-0.4, -0.2) is 24.0 Å². The molecule has 4 nitrogen and oxygen atoms in total. The predicted molar refractivity (Wildman–Crippen MR) is 68.9 cm³/mol. The van der Waals surface area contributed by atoms with Crippen LogP contribution in [0.4, 0.5) is 10.1 Å². The van der Waals surface area contributed by atoms with Crippen molar-refractivity contribution >= 4 is 33.5 Å². The maximum atomic E-state index is 13.6. The van der Waals surface area contributed by atoms with E-state index in [0.717, 1.165) is 4.90 Å². The summed E-state index contributed by atoms with van der Waals surface area (Å²) in [5, 5.41) is 8.98. The van der Waals surface area contributed by atoms with Gasteiger partial charge in [-0.25, -0.2) is 4.39 Å². The second kappa shape index (κ2) is 5.06. The second-order valence-corrected chi connectivity index (χ2v) is 5.31. The standard InChI is InChI=1S/C12H13BrFNO3/c1-12(2,11(17)18)10(16)15(3)9-6-7(13)4-5-8(9)14/h4-6H,1-3H3,(H,17,18). The minimum atomic E-state index is -1.61. The van der Waals surface area contributed by atoms with Crippen LogP contribution in [0.5, 0.6) is 0 Å². The normalized spacial score (nSPS) is 11.2. The highest BCUT2D eigenvalue weighted by Crippen LogP contribution is 2.27. The molecule has 0 unspecified atom stereocenters. The molecule has 0 aromatic heterocycles. The van der Waals surface area contributed by atoms with Crippen LogP contribution in [0.25, 0.3) is 0 Å². The minimum Gasteiger partial charge on any atom is -0.480 e. The molecule has 1 rings (SSSR count). The molecule has 0 saturated carbocycles. The van der Waals surface area contributed by atoms with E-state index in [-0.39, 0.29) is 5.69 Å². The molecule has 1 aromatic carbocycles. The molecular formula is C12H13BrFNO3. The van der Waals surface area contributed by atoms with Crippen LogP contribution in [-0.2, 0) is 9.59 Å². The summed E-state index contributed by atoms with van der Waals surface area (Å²) in [5.41, 5.74) is -1.58. The number of hydrogen-bond acceptors (Lipinski definition) is 2. The van der Waals surface area contributed by atoms with Gasteiger partial charge in [-0.15, -0.1) is 0 Å². The number of benzene rings is 1. The van der Waals surface area contributed by atoms with Crippen LogP contribution in [0.1, 0.15) is 13.8 Å². The molecule has 6 heteroatoms.